The molecule has 21 heavy (non-hydrogen) atoms. The number of benzene rings is 1. The minimum absolute atomic E-state index is 0.158. The van der Waals surface area contributed by atoms with E-state index in [1.165, 1.54) is 37.2 Å². The monoisotopic (exact) mass is 307 g/mol. The van der Waals surface area contributed by atoms with Crippen LogP contribution in [0.2, 0.25) is 5.02 Å². The molecule has 3 atom stereocenters. The van der Waals surface area contributed by atoms with Crippen LogP contribution in [0.4, 0.5) is 5.69 Å². The summed E-state index contributed by atoms with van der Waals surface area (Å²) in [6, 6.07) is 7.71. The standard InChI is InChI=1S/C17H26ClN3/c1-12(19)8-14-9-15(18)5-6-17(14)21-11-16-4-3-7-20(16)10-13(21)2/h5-6,9,12-13,16H,3-4,7-8,10-11,19H2,1-2H3. The van der Waals surface area contributed by atoms with E-state index in [0.717, 1.165) is 24.0 Å². The van der Waals surface area contributed by atoms with Gasteiger partial charge in [-0.2, -0.15) is 0 Å². The van der Waals surface area contributed by atoms with Gasteiger partial charge in [-0.15, -0.1) is 0 Å². The third-order valence-electron chi connectivity index (χ3n) is 4.83. The van der Waals surface area contributed by atoms with Crippen molar-refractivity contribution in [2.45, 2.75) is 51.2 Å². The molecule has 1 aromatic rings. The maximum Gasteiger partial charge on any atom is 0.0410 e. The van der Waals surface area contributed by atoms with Crippen molar-refractivity contribution in [1.29, 1.82) is 0 Å². The van der Waals surface area contributed by atoms with Gasteiger partial charge in [0.05, 0.1) is 0 Å². The van der Waals surface area contributed by atoms with E-state index in [-0.39, 0.29) is 6.04 Å². The highest BCUT2D eigenvalue weighted by molar-refractivity contribution is 6.30. The zero-order chi connectivity index (χ0) is 15.0. The Morgan fingerprint density at radius 3 is 2.95 bits per heavy atom. The first-order chi connectivity index (χ1) is 10.0. The lowest BCUT2D eigenvalue weighted by atomic mass is 10.0. The Morgan fingerprint density at radius 2 is 2.19 bits per heavy atom. The van der Waals surface area contributed by atoms with Crippen LogP contribution in [0.1, 0.15) is 32.3 Å². The van der Waals surface area contributed by atoms with Crippen LogP contribution >= 0.6 is 11.6 Å². The predicted octanol–water partition coefficient (Wildman–Crippen LogP) is 2.90. The highest BCUT2D eigenvalue weighted by Gasteiger charge is 2.35. The molecule has 2 N–H and O–H groups in total. The lowest BCUT2D eigenvalue weighted by molar-refractivity contribution is 0.203. The molecule has 2 heterocycles. The second-order valence-electron chi connectivity index (χ2n) is 6.75. The molecule has 2 aliphatic rings. The highest BCUT2D eigenvalue weighted by Crippen LogP contribution is 2.32. The molecule has 3 rings (SSSR count). The summed E-state index contributed by atoms with van der Waals surface area (Å²) in [7, 11) is 0. The third kappa shape index (κ3) is 3.20. The van der Waals surface area contributed by atoms with Crippen LogP contribution in [-0.2, 0) is 6.42 Å². The van der Waals surface area contributed by atoms with Crippen LogP contribution < -0.4 is 10.6 Å². The molecular formula is C17H26ClN3. The van der Waals surface area contributed by atoms with Crippen LogP contribution in [0, 0.1) is 0 Å². The van der Waals surface area contributed by atoms with Gasteiger partial charge in [0, 0.05) is 41.9 Å². The molecule has 0 spiro atoms. The molecule has 2 fully saturated rings. The summed E-state index contributed by atoms with van der Waals surface area (Å²) < 4.78 is 0. The third-order valence-corrected chi connectivity index (χ3v) is 5.07. The number of halogens is 1. The minimum Gasteiger partial charge on any atom is -0.366 e. The smallest absolute Gasteiger partial charge is 0.0410 e. The first kappa shape index (κ1) is 15.1. The molecule has 4 heteroatoms. The van der Waals surface area contributed by atoms with Gasteiger partial charge in [0.15, 0.2) is 0 Å². The Balaban J connectivity index is 1.88. The molecule has 3 unspecified atom stereocenters. The first-order valence-electron chi connectivity index (χ1n) is 8.09. The molecule has 0 aromatic heterocycles. The molecule has 2 aliphatic heterocycles. The SMILES string of the molecule is CC(N)Cc1cc(Cl)ccc1N1CC2CCCN2CC1C. The average Bonchev–Trinajstić information content (AvgIpc) is 2.84. The Bertz CT molecular complexity index is 503. The van der Waals surface area contributed by atoms with Crippen molar-refractivity contribution in [1.82, 2.24) is 4.90 Å². The fraction of sp³-hybridized carbons (Fsp3) is 0.647. The highest BCUT2D eigenvalue weighted by atomic mass is 35.5. The molecule has 3 nitrogen and oxygen atoms in total. The van der Waals surface area contributed by atoms with E-state index in [9.17, 15) is 0 Å². The van der Waals surface area contributed by atoms with Crippen molar-refractivity contribution < 1.29 is 0 Å². The van der Waals surface area contributed by atoms with E-state index in [2.05, 4.69) is 35.8 Å². The van der Waals surface area contributed by atoms with Crippen molar-refractivity contribution in [3.63, 3.8) is 0 Å². The lowest BCUT2D eigenvalue weighted by Crippen LogP contribution is -2.55. The van der Waals surface area contributed by atoms with E-state index in [4.69, 9.17) is 17.3 Å². The molecule has 0 saturated carbocycles. The van der Waals surface area contributed by atoms with Crippen LogP contribution in [-0.4, -0.2) is 42.7 Å². The van der Waals surface area contributed by atoms with Gasteiger partial charge in [-0.1, -0.05) is 11.6 Å². The van der Waals surface area contributed by atoms with Gasteiger partial charge < -0.3 is 10.6 Å². The summed E-state index contributed by atoms with van der Waals surface area (Å²) >= 11 is 6.20. The fourth-order valence-corrected chi connectivity index (χ4v) is 4.06. The lowest BCUT2D eigenvalue weighted by Gasteiger charge is -2.44. The van der Waals surface area contributed by atoms with Crippen molar-refractivity contribution >= 4 is 17.3 Å². The molecule has 0 aliphatic carbocycles. The molecule has 0 bridgehead atoms. The number of rotatable bonds is 3. The van der Waals surface area contributed by atoms with Gasteiger partial charge in [-0.25, -0.2) is 0 Å². The first-order valence-corrected chi connectivity index (χ1v) is 8.47. The van der Waals surface area contributed by atoms with Crippen LogP contribution in [0.15, 0.2) is 18.2 Å². The van der Waals surface area contributed by atoms with Crippen LogP contribution in [0.25, 0.3) is 0 Å². The minimum atomic E-state index is 0.158. The second-order valence-corrected chi connectivity index (χ2v) is 7.18. The molecule has 116 valence electrons. The summed E-state index contributed by atoms with van der Waals surface area (Å²) in [6.07, 6.45) is 3.56. The Morgan fingerprint density at radius 1 is 1.38 bits per heavy atom. The quantitative estimate of drug-likeness (QED) is 0.932. The molecular weight excluding hydrogens is 282 g/mol. The largest absolute Gasteiger partial charge is 0.366 e. The van der Waals surface area contributed by atoms with Gasteiger partial charge in [0.2, 0.25) is 0 Å². The Kier molecular flexibility index (Phi) is 4.43. The summed E-state index contributed by atoms with van der Waals surface area (Å²) in [5.74, 6) is 0. The maximum absolute atomic E-state index is 6.20. The molecule has 0 amide bonds. The van der Waals surface area contributed by atoms with Crippen LogP contribution in [0.3, 0.4) is 0 Å². The van der Waals surface area contributed by atoms with Gasteiger partial charge in [0.1, 0.15) is 0 Å². The maximum atomic E-state index is 6.20. The second kappa shape index (κ2) is 6.15. The molecule has 2 saturated heterocycles. The van der Waals surface area contributed by atoms with E-state index in [1.54, 1.807) is 0 Å². The normalized spacial score (nSPS) is 27.7. The number of hydrogen-bond acceptors (Lipinski definition) is 3. The zero-order valence-corrected chi connectivity index (χ0v) is 13.8. The summed E-state index contributed by atoms with van der Waals surface area (Å²) in [4.78, 5) is 5.23. The van der Waals surface area contributed by atoms with E-state index in [0.29, 0.717) is 6.04 Å². The summed E-state index contributed by atoms with van der Waals surface area (Å²) in [5, 5.41) is 0.807. The number of piperazine rings is 1. The summed E-state index contributed by atoms with van der Waals surface area (Å²) in [5.41, 5.74) is 8.64. The summed E-state index contributed by atoms with van der Waals surface area (Å²) in [6.45, 7) is 7.97. The van der Waals surface area contributed by atoms with Gasteiger partial charge in [-0.3, -0.25) is 4.90 Å². The van der Waals surface area contributed by atoms with Crippen molar-refractivity contribution in [3.05, 3.63) is 28.8 Å². The van der Waals surface area contributed by atoms with Gasteiger partial charge in [-0.05, 0) is 63.4 Å². The fourth-order valence-electron chi connectivity index (χ4n) is 3.87. The van der Waals surface area contributed by atoms with Crippen LogP contribution in [0.5, 0.6) is 0 Å². The predicted molar refractivity (Wildman–Crippen MR) is 90.2 cm³/mol. The Hall–Kier alpha value is -0.770. The Labute approximate surface area is 133 Å². The average molecular weight is 308 g/mol. The van der Waals surface area contributed by atoms with E-state index < -0.39 is 0 Å². The number of nitrogens with zero attached hydrogens (tertiary/aromatic N) is 2. The van der Waals surface area contributed by atoms with Gasteiger partial charge in [0.25, 0.3) is 0 Å². The van der Waals surface area contributed by atoms with Crippen molar-refractivity contribution in [2.24, 2.45) is 5.73 Å². The zero-order valence-electron chi connectivity index (χ0n) is 13.1. The van der Waals surface area contributed by atoms with Gasteiger partial charge >= 0.3 is 0 Å². The number of nitrogens with two attached hydrogens (primary N) is 1. The molecule has 0 radical (unpaired) electrons. The van der Waals surface area contributed by atoms with E-state index >= 15 is 0 Å². The van der Waals surface area contributed by atoms with Crippen molar-refractivity contribution in [2.75, 3.05) is 24.5 Å². The number of fused-ring (bicyclic) bond motifs is 1. The number of anilines is 1. The topological polar surface area (TPSA) is 32.5 Å². The molecule has 1 aromatic carbocycles. The number of hydrogen-bond donors (Lipinski definition) is 1. The van der Waals surface area contributed by atoms with E-state index in [1.807, 2.05) is 6.07 Å². The van der Waals surface area contributed by atoms with Crippen molar-refractivity contribution in [3.8, 4) is 0 Å².